The number of hydrogen-bond donors (Lipinski definition) is 0. The number of anilines is 1. The number of aromatic nitrogens is 2. The minimum absolute atomic E-state index is 0.149. The summed E-state index contributed by atoms with van der Waals surface area (Å²) in [5.74, 6) is 0.190. The molecule has 4 nitrogen and oxygen atoms in total. The van der Waals surface area contributed by atoms with Gasteiger partial charge in [0.05, 0.1) is 5.52 Å². The van der Waals surface area contributed by atoms with Gasteiger partial charge in [-0.25, -0.2) is 4.98 Å². The highest BCUT2D eigenvalue weighted by atomic mass is 19.1. The van der Waals surface area contributed by atoms with Crippen LogP contribution in [0.3, 0.4) is 0 Å². The standard InChI is InChI=1S/C20H20FN3O/c1-14-11-19(24-9-2-3-10-24)17-7-6-16(12-18(17)23-14)25-13-15-5-4-8-22-20(15)21/h4-8,11-12H,2-3,9-10,13H2,1H3. The molecule has 0 radical (unpaired) electrons. The fourth-order valence-electron chi connectivity index (χ4n) is 3.32. The number of aryl methyl sites for hydroxylation is 1. The van der Waals surface area contributed by atoms with Crippen LogP contribution in [0.2, 0.25) is 0 Å². The van der Waals surface area contributed by atoms with Crippen LogP contribution in [0.25, 0.3) is 10.9 Å². The summed E-state index contributed by atoms with van der Waals surface area (Å²) < 4.78 is 19.4. The number of hydrogen-bond acceptors (Lipinski definition) is 4. The minimum atomic E-state index is -0.492. The van der Waals surface area contributed by atoms with Crippen molar-refractivity contribution in [3.05, 3.63) is 59.8 Å². The van der Waals surface area contributed by atoms with E-state index in [0.29, 0.717) is 11.3 Å². The average molecular weight is 337 g/mol. The van der Waals surface area contributed by atoms with Crippen molar-refractivity contribution in [2.75, 3.05) is 18.0 Å². The van der Waals surface area contributed by atoms with Crippen molar-refractivity contribution < 1.29 is 9.13 Å². The molecule has 1 aliphatic heterocycles. The monoisotopic (exact) mass is 337 g/mol. The number of halogens is 1. The maximum atomic E-state index is 13.6. The second kappa shape index (κ2) is 6.67. The SMILES string of the molecule is Cc1cc(N2CCCC2)c2ccc(OCc3cccnc3F)cc2n1. The Morgan fingerprint density at radius 1 is 1.16 bits per heavy atom. The van der Waals surface area contributed by atoms with E-state index in [2.05, 4.69) is 20.9 Å². The van der Waals surface area contributed by atoms with E-state index in [9.17, 15) is 4.39 Å². The Labute approximate surface area is 146 Å². The van der Waals surface area contributed by atoms with Crippen molar-refractivity contribution >= 4 is 16.6 Å². The molecule has 25 heavy (non-hydrogen) atoms. The zero-order valence-electron chi connectivity index (χ0n) is 14.2. The summed E-state index contributed by atoms with van der Waals surface area (Å²) in [4.78, 5) is 10.7. The molecule has 3 heterocycles. The van der Waals surface area contributed by atoms with Crippen LogP contribution in [0.1, 0.15) is 24.1 Å². The predicted octanol–water partition coefficient (Wildman–Crippen LogP) is 4.26. The highest BCUT2D eigenvalue weighted by molar-refractivity contribution is 5.93. The van der Waals surface area contributed by atoms with E-state index in [4.69, 9.17) is 4.74 Å². The average Bonchev–Trinajstić information content (AvgIpc) is 3.14. The molecule has 2 aromatic heterocycles. The molecule has 4 rings (SSSR count). The molecule has 0 N–H and O–H groups in total. The zero-order chi connectivity index (χ0) is 17.2. The molecule has 0 aliphatic carbocycles. The maximum Gasteiger partial charge on any atom is 0.219 e. The third kappa shape index (κ3) is 3.27. The van der Waals surface area contributed by atoms with Gasteiger partial charge in [0.25, 0.3) is 0 Å². The van der Waals surface area contributed by atoms with E-state index in [1.807, 2.05) is 25.1 Å². The van der Waals surface area contributed by atoms with Crippen LogP contribution in [-0.4, -0.2) is 23.1 Å². The van der Waals surface area contributed by atoms with Crippen molar-refractivity contribution in [2.24, 2.45) is 0 Å². The maximum absolute atomic E-state index is 13.6. The van der Waals surface area contributed by atoms with Crippen LogP contribution >= 0.6 is 0 Å². The van der Waals surface area contributed by atoms with Crippen LogP contribution in [0.15, 0.2) is 42.6 Å². The van der Waals surface area contributed by atoms with Gasteiger partial charge in [-0.3, -0.25) is 4.98 Å². The zero-order valence-corrected chi connectivity index (χ0v) is 14.2. The van der Waals surface area contributed by atoms with Gasteiger partial charge < -0.3 is 9.64 Å². The molecule has 1 aromatic carbocycles. The molecule has 1 fully saturated rings. The van der Waals surface area contributed by atoms with Gasteiger partial charge in [0, 0.05) is 47.7 Å². The third-order valence-corrected chi connectivity index (χ3v) is 4.56. The highest BCUT2D eigenvalue weighted by Gasteiger charge is 2.16. The summed E-state index contributed by atoms with van der Waals surface area (Å²) in [7, 11) is 0. The summed E-state index contributed by atoms with van der Waals surface area (Å²) >= 11 is 0. The Morgan fingerprint density at radius 2 is 2.00 bits per heavy atom. The van der Waals surface area contributed by atoms with Crippen LogP contribution in [0.5, 0.6) is 5.75 Å². The second-order valence-electron chi connectivity index (χ2n) is 6.40. The summed E-state index contributed by atoms with van der Waals surface area (Å²) in [5, 5.41) is 1.13. The molecule has 1 aliphatic rings. The van der Waals surface area contributed by atoms with E-state index in [1.54, 1.807) is 12.1 Å². The van der Waals surface area contributed by atoms with Gasteiger partial charge in [-0.2, -0.15) is 4.39 Å². The first-order valence-electron chi connectivity index (χ1n) is 8.59. The molecular formula is C20H20FN3O. The molecule has 3 aromatic rings. The van der Waals surface area contributed by atoms with Gasteiger partial charge in [-0.05, 0) is 50.1 Å². The molecule has 128 valence electrons. The minimum Gasteiger partial charge on any atom is -0.489 e. The molecule has 0 unspecified atom stereocenters. The van der Waals surface area contributed by atoms with E-state index in [-0.39, 0.29) is 6.61 Å². The Bertz CT molecular complexity index is 907. The Morgan fingerprint density at radius 3 is 2.80 bits per heavy atom. The van der Waals surface area contributed by atoms with Gasteiger partial charge in [-0.1, -0.05) is 0 Å². The van der Waals surface area contributed by atoms with Crippen LogP contribution in [0, 0.1) is 12.9 Å². The molecule has 0 amide bonds. The molecule has 0 saturated carbocycles. The number of benzene rings is 1. The number of nitrogens with zero attached hydrogens (tertiary/aromatic N) is 3. The number of pyridine rings is 2. The predicted molar refractivity (Wildman–Crippen MR) is 96.5 cm³/mol. The Balaban J connectivity index is 1.62. The van der Waals surface area contributed by atoms with Crippen LogP contribution in [-0.2, 0) is 6.61 Å². The van der Waals surface area contributed by atoms with E-state index < -0.39 is 5.95 Å². The molecule has 1 saturated heterocycles. The third-order valence-electron chi connectivity index (χ3n) is 4.56. The lowest BCUT2D eigenvalue weighted by molar-refractivity contribution is 0.298. The van der Waals surface area contributed by atoms with E-state index in [1.165, 1.54) is 24.7 Å². The summed E-state index contributed by atoms with van der Waals surface area (Å²) in [6, 6.07) is 11.4. The number of ether oxygens (including phenoxy) is 1. The number of fused-ring (bicyclic) bond motifs is 1. The summed E-state index contributed by atoms with van der Waals surface area (Å²) in [6.45, 7) is 4.35. The first kappa shape index (κ1) is 15.8. The van der Waals surface area contributed by atoms with Crippen LogP contribution < -0.4 is 9.64 Å². The van der Waals surface area contributed by atoms with Gasteiger partial charge in [0.1, 0.15) is 12.4 Å². The largest absolute Gasteiger partial charge is 0.489 e. The van der Waals surface area contributed by atoms with Gasteiger partial charge in [0.2, 0.25) is 5.95 Å². The Hall–Kier alpha value is -2.69. The van der Waals surface area contributed by atoms with Gasteiger partial charge in [-0.15, -0.1) is 0 Å². The van der Waals surface area contributed by atoms with E-state index in [0.717, 1.165) is 29.7 Å². The second-order valence-corrected chi connectivity index (χ2v) is 6.40. The quantitative estimate of drug-likeness (QED) is 0.667. The molecule has 0 bridgehead atoms. The topological polar surface area (TPSA) is 38.2 Å². The lowest BCUT2D eigenvalue weighted by atomic mass is 10.1. The van der Waals surface area contributed by atoms with Crippen molar-refractivity contribution in [2.45, 2.75) is 26.4 Å². The summed E-state index contributed by atoms with van der Waals surface area (Å²) in [5.41, 5.74) is 3.58. The van der Waals surface area contributed by atoms with Crippen molar-refractivity contribution in [1.29, 1.82) is 0 Å². The van der Waals surface area contributed by atoms with Crippen molar-refractivity contribution in [3.63, 3.8) is 0 Å². The first-order valence-corrected chi connectivity index (χ1v) is 8.59. The first-order chi connectivity index (χ1) is 12.2. The fraction of sp³-hybridized carbons (Fsp3) is 0.300. The van der Waals surface area contributed by atoms with Crippen LogP contribution in [0.4, 0.5) is 10.1 Å². The van der Waals surface area contributed by atoms with Crippen molar-refractivity contribution in [1.82, 2.24) is 9.97 Å². The van der Waals surface area contributed by atoms with Gasteiger partial charge >= 0.3 is 0 Å². The lowest BCUT2D eigenvalue weighted by Gasteiger charge is -2.20. The van der Waals surface area contributed by atoms with E-state index >= 15 is 0 Å². The summed E-state index contributed by atoms with van der Waals surface area (Å²) in [6.07, 6.45) is 3.91. The lowest BCUT2D eigenvalue weighted by Crippen LogP contribution is -2.18. The van der Waals surface area contributed by atoms with Gasteiger partial charge in [0.15, 0.2) is 0 Å². The molecular weight excluding hydrogens is 317 g/mol. The number of rotatable bonds is 4. The normalized spacial score (nSPS) is 14.2. The fourth-order valence-corrected chi connectivity index (χ4v) is 3.32. The smallest absolute Gasteiger partial charge is 0.219 e. The highest BCUT2D eigenvalue weighted by Crippen LogP contribution is 2.31. The molecule has 5 heteroatoms. The Kier molecular flexibility index (Phi) is 4.22. The van der Waals surface area contributed by atoms with Crippen molar-refractivity contribution in [3.8, 4) is 5.75 Å². The molecule has 0 spiro atoms. The molecule has 0 atom stereocenters.